The van der Waals surface area contributed by atoms with Gasteiger partial charge in [0.05, 0.1) is 19.4 Å². The topological polar surface area (TPSA) is 122 Å². The van der Waals surface area contributed by atoms with E-state index in [0.717, 1.165) is 23.3 Å². The molecule has 0 saturated heterocycles. The lowest BCUT2D eigenvalue weighted by Crippen LogP contribution is -2.37. The van der Waals surface area contributed by atoms with Gasteiger partial charge in [0.1, 0.15) is 15.8 Å². The molecule has 0 aliphatic heterocycles. The highest BCUT2D eigenvalue weighted by Crippen LogP contribution is 2.21. The van der Waals surface area contributed by atoms with Crippen molar-refractivity contribution in [1.82, 2.24) is 14.6 Å². The van der Waals surface area contributed by atoms with Crippen LogP contribution in [0.15, 0.2) is 70.3 Å². The van der Waals surface area contributed by atoms with E-state index in [1.54, 1.807) is 36.4 Å². The number of anilines is 1. The van der Waals surface area contributed by atoms with E-state index in [9.17, 15) is 18.0 Å². The first-order chi connectivity index (χ1) is 15.8. The number of rotatable bonds is 9. The molecule has 0 atom stereocenters. The molecule has 1 aliphatic carbocycles. The zero-order chi connectivity index (χ0) is 23.4. The molecule has 1 aromatic carbocycles. The lowest BCUT2D eigenvalue weighted by molar-refractivity contribution is -0.116. The van der Waals surface area contributed by atoms with Crippen LogP contribution in [0.25, 0.3) is 0 Å². The van der Waals surface area contributed by atoms with Crippen molar-refractivity contribution in [2.24, 2.45) is 0 Å². The molecular formula is C22H21ClN4O5S. The maximum Gasteiger partial charge on any atom is 0.251 e. The van der Waals surface area contributed by atoms with Crippen molar-refractivity contribution in [3.8, 4) is 0 Å². The van der Waals surface area contributed by atoms with Crippen molar-refractivity contribution in [2.45, 2.75) is 30.3 Å². The van der Waals surface area contributed by atoms with Crippen LogP contribution in [0.5, 0.6) is 0 Å². The molecule has 0 bridgehead atoms. The quantitative estimate of drug-likeness (QED) is 0.446. The Bertz CT molecular complexity index is 1240. The maximum atomic E-state index is 13.2. The smallest absolute Gasteiger partial charge is 0.251 e. The number of pyridine rings is 1. The molecule has 9 nitrogen and oxygen atoms in total. The standard InChI is InChI=1S/C22H21ClN4O5S/c23-20-9-8-19(12-24-20)33(30,31)27(13-18-5-2-10-32-18)14-21(28)25-17-4-1-3-15(11-17)22(29)26-16-6-7-16/h1-5,8-12,16H,6-7,13-14H2,(H,25,28)(H,26,29). The van der Waals surface area contributed by atoms with Crippen molar-refractivity contribution in [3.63, 3.8) is 0 Å². The van der Waals surface area contributed by atoms with Gasteiger partial charge in [-0.1, -0.05) is 17.7 Å². The van der Waals surface area contributed by atoms with Gasteiger partial charge in [0.25, 0.3) is 5.91 Å². The molecular weight excluding hydrogens is 468 g/mol. The highest BCUT2D eigenvalue weighted by molar-refractivity contribution is 7.89. The van der Waals surface area contributed by atoms with Gasteiger partial charge in [-0.2, -0.15) is 4.31 Å². The summed E-state index contributed by atoms with van der Waals surface area (Å²) in [7, 11) is -4.08. The highest BCUT2D eigenvalue weighted by atomic mass is 35.5. The second-order valence-electron chi connectivity index (χ2n) is 7.55. The lowest BCUT2D eigenvalue weighted by Gasteiger charge is -2.21. The Hall–Kier alpha value is -3.21. The predicted octanol–water partition coefficient (Wildman–Crippen LogP) is 3.05. The van der Waals surface area contributed by atoms with Gasteiger partial charge in [0.2, 0.25) is 15.9 Å². The minimum absolute atomic E-state index is 0.106. The molecule has 3 aromatic rings. The fourth-order valence-electron chi connectivity index (χ4n) is 3.06. The highest BCUT2D eigenvalue weighted by Gasteiger charge is 2.28. The van der Waals surface area contributed by atoms with E-state index in [4.69, 9.17) is 16.0 Å². The molecule has 2 N–H and O–H groups in total. The Labute approximate surface area is 195 Å². The zero-order valence-electron chi connectivity index (χ0n) is 17.4. The Kier molecular flexibility index (Phi) is 6.77. The Morgan fingerprint density at radius 2 is 1.97 bits per heavy atom. The van der Waals surface area contributed by atoms with Gasteiger partial charge in [-0.05, 0) is 55.3 Å². The monoisotopic (exact) mass is 488 g/mol. The summed E-state index contributed by atoms with van der Waals surface area (Å²) >= 11 is 5.77. The summed E-state index contributed by atoms with van der Waals surface area (Å²) in [5.74, 6) is -0.426. The summed E-state index contributed by atoms with van der Waals surface area (Å²) < 4.78 is 32.6. The Balaban J connectivity index is 1.50. The first kappa shape index (κ1) is 23.0. The molecule has 1 fully saturated rings. The van der Waals surface area contributed by atoms with Crippen LogP contribution in [-0.4, -0.2) is 42.1 Å². The summed E-state index contributed by atoms with van der Waals surface area (Å²) in [4.78, 5) is 28.7. The molecule has 0 radical (unpaired) electrons. The number of sulfonamides is 1. The third-order valence-corrected chi connectivity index (χ3v) is 6.89. The van der Waals surface area contributed by atoms with Gasteiger partial charge in [0, 0.05) is 23.5 Å². The fraction of sp³-hybridized carbons (Fsp3) is 0.227. The Morgan fingerprint density at radius 1 is 1.15 bits per heavy atom. The minimum Gasteiger partial charge on any atom is -0.468 e. The fourth-order valence-corrected chi connectivity index (χ4v) is 4.48. The van der Waals surface area contributed by atoms with E-state index in [0.29, 0.717) is 17.0 Å². The summed E-state index contributed by atoms with van der Waals surface area (Å²) in [5.41, 5.74) is 0.791. The van der Waals surface area contributed by atoms with Gasteiger partial charge in [-0.25, -0.2) is 13.4 Å². The number of amides is 2. The third-order valence-electron chi connectivity index (χ3n) is 4.89. The molecule has 33 heavy (non-hydrogen) atoms. The third kappa shape index (κ3) is 5.98. The zero-order valence-corrected chi connectivity index (χ0v) is 19.0. The van der Waals surface area contributed by atoms with E-state index in [1.165, 1.54) is 18.4 Å². The number of hydrogen-bond donors (Lipinski definition) is 2. The van der Waals surface area contributed by atoms with E-state index >= 15 is 0 Å². The number of aromatic nitrogens is 1. The molecule has 2 aromatic heterocycles. The number of benzene rings is 1. The van der Waals surface area contributed by atoms with Crippen LogP contribution >= 0.6 is 11.6 Å². The number of furan rings is 1. The molecule has 2 heterocycles. The van der Waals surface area contributed by atoms with Crippen molar-refractivity contribution in [3.05, 3.63) is 77.5 Å². The number of halogens is 1. The van der Waals surface area contributed by atoms with Crippen LogP contribution in [0.2, 0.25) is 5.15 Å². The molecule has 0 spiro atoms. The van der Waals surface area contributed by atoms with Gasteiger partial charge in [0.15, 0.2) is 0 Å². The summed E-state index contributed by atoms with van der Waals surface area (Å²) in [6.45, 7) is -0.640. The molecule has 11 heteroatoms. The molecule has 1 aliphatic rings. The minimum atomic E-state index is -4.08. The van der Waals surface area contributed by atoms with Crippen molar-refractivity contribution in [1.29, 1.82) is 0 Å². The summed E-state index contributed by atoms with van der Waals surface area (Å²) in [5, 5.41) is 5.69. The van der Waals surface area contributed by atoms with Crippen molar-refractivity contribution < 1.29 is 22.4 Å². The number of carbonyl (C=O) groups excluding carboxylic acids is 2. The van der Waals surface area contributed by atoms with Crippen LogP contribution in [0.1, 0.15) is 29.0 Å². The molecule has 1 saturated carbocycles. The summed E-state index contributed by atoms with van der Waals surface area (Å²) in [6, 6.07) is 12.6. The average Bonchev–Trinajstić information content (AvgIpc) is 3.45. The second-order valence-corrected chi connectivity index (χ2v) is 9.87. The van der Waals surface area contributed by atoms with E-state index < -0.39 is 22.5 Å². The van der Waals surface area contributed by atoms with E-state index in [1.807, 2.05) is 0 Å². The van der Waals surface area contributed by atoms with Crippen LogP contribution in [-0.2, 0) is 21.4 Å². The second kappa shape index (κ2) is 9.74. The van der Waals surface area contributed by atoms with Gasteiger partial charge >= 0.3 is 0 Å². The molecule has 172 valence electrons. The molecule has 4 rings (SSSR count). The van der Waals surface area contributed by atoms with E-state index in [2.05, 4.69) is 15.6 Å². The van der Waals surface area contributed by atoms with Crippen LogP contribution in [0.4, 0.5) is 5.69 Å². The van der Waals surface area contributed by atoms with Gasteiger partial charge in [-0.15, -0.1) is 0 Å². The van der Waals surface area contributed by atoms with Crippen molar-refractivity contribution in [2.75, 3.05) is 11.9 Å². The largest absolute Gasteiger partial charge is 0.468 e. The van der Waals surface area contributed by atoms with Gasteiger partial charge in [-0.3, -0.25) is 9.59 Å². The number of carbonyl (C=O) groups is 2. The SMILES string of the molecule is O=C(CN(Cc1ccco1)S(=O)(=O)c1ccc(Cl)nc1)Nc1cccc(C(=O)NC2CC2)c1. The number of nitrogens with zero attached hydrogens (tertiary/aromatic N) is 2. The predicted molar refractivity (Wildman–Crippen MR) is 121 cm³/mol. The van der Waals surface area contributed by atoms with Gasteiger partial charge < -0.3 is 15.1 Å². The number of nitrogens with one attached hydrogen (secondary N) is 2. The van der Waals surface area contributed by atoms with Crippen LogP contribution < -0.4 is 10.6 Å². The summed E-state index contributed by atoms with van der Waals surface area (Å²) in [6.07, 6.45) is 4.48. The van der Waals surface area contributed by atoms with E-state index in [-0.39, 0.29) is 28.5 Å². The van der Waals surface area contributed by atoms with Crippen LogP contribution in [0.3, 0.4) is 0 Å². The average molecular weight is 489 g/mol. The van der Waals surface area contributed by atoms with Crippen molar-refractivity contribution >= 4 is 39.1 Å². The molecule has 0 unspecified atom stereocenters. The maximum absolute atomic E-state index is 13.2. The normalized spacial score (nSPS) is 13.6. The number of hydrogen-bond acceptors (Lipinski definition) is 6. The first-order valence-corrected chi connectivity index (χ1v) is 12.0. The first-order valence-electron chi connectivity index (χ1n) is 10.2. The lowest BCUT2D eigenvalue weighted by atomic mass is 10.2. The van der Waals surface area contributed by atoms with Crippen LogP contribution in [0, 0.1) is 0 Å². The molecule has 2 amide bonds. The Morgan fingerprint density at radius 3 is 2.64 bits per heavy atom.